The van der Waals surface area contributed by atoms with Crippen LogP contribution in [0.5, 0.6) is 0 Å². The number of anilines is 2. The van der Waals surface area contributed by atoms with Gasteiger partial charge >= 0.3 is 5.97 Å². The Balaban J connectivity index is 2.19. The predicted molar refractivity (Wildman–Crippen MR) is 75.5 cm³/mol. The fourth-order valence-electron chi connectivity index (χ4n) is 2.44. The second kappa shape index (κ2) is 5.07. The van der Waals surface area contributed by atoms with Crippen molar-refractivity contribution in [1.82, 2.24) is 4.98 Å². The summed E-state index contributed by atoms with van der Waals surface area (Å²) in [5, 5.41) is 9.00. The summed E-state index contributed by atoms with van der Waals surface area (Å²) < 4.78 is 0. The van der Waals surface area contributed by atoms with Gasteiger partial charge in [0.1, 0.15) is 0 Å². The van der Waals surface area contributed by atoms with Gasteiger partial charge in [0.25, 0.3) is 0 Å². The fraction of sp³-hybridized carbons (Fsp3) is 0.571. The number of nitrogens with two attached hydrogens (primary N) is 1. The first-order valence-electron chi connectivity index (χ1n) is 6.70. The van der Waals surface area contributed by atoms with E-state index >= 15 is 0 Å². The quantitative estimate of drug-likeness (QED) is 0.875. The zero-order valence-electron chi connectivity index (χ0n) is 11.5. The minimum absolute atomic E-state index is 0.0491. The highest BCUT2D eigenvalue weighted by Crippen LogP contribution is 2.36. The van der Waals surface area contributed by atoms with Crippen LogP contribution in [0, 0.1) is 5.41 Å². The molecule has 0 bridgehead atoms. The van der Waals surface area contributed by atoms with Crippen molar-refractivity contribution < 1.29 is 9.90 Å². The Morgan fingerprint density at radius 1 is 1.47 bits per heavy atom. The van der Waals surface area contributed by atoms with Gasteiger partial charge in [-0.2, -0.15) is 0 Å². The van der Waals surface area contributed by atoms with Crippen molar-refractivity contribution in [3.63, 3.8) is 0 Å². The van der Waals surface area contributed by atoms with Gasteiger partial charge < -0.3 is 15.7 Å². The molecule has 1 aromatic rings. The normalized spacial score (nSPS) is 18.3. The van der Waals surface area contributed by atoms with Gasteiger partial charge in [0.15, 0.2) is 11.5 Å². The Hall–Kier alpha value is -1.78. The van der Waals surface area contributed by atoms with E-state index in [2.05, 4.69) is 23.7 Å². The van der Waals surface area contributed by atoms with Crippen LogP contribution in [-0.4, -0.2) is 29.1 Å². The van der Waals surface area contributed by atoms with E-state index < -0.39 is 5.97 Å². The number of carboxylic acid groups (broad SMARTS) is 1. The molecule has 1 saturated heterocycles. The summed E-state index contributed by atoms with van der Waals surface area (Å²) in [4.78, 5) is 17.2. The molecule has 0 aromatic carbocycles. The molecule has 1 aliphatic heterocycles. The van der Waals surface area contributed by atoms with Gasteiger partial charge in [0, 0.05) is 13.1 Å². The number of hydrogen-bond acceptors (Lipinski definition) is 4. The summed E-state index contributed by atoms with van der Waals surface area (Å²) in [7, 11) is 0. The van der Waals surface area contributed by atoms with Crippen LogP contribution in [0.1, 0.15) is 43.6 Å². The van der Waals surface area contributed by atoms with Crippen molar-refractivity contribution in [1.29, 1.82) is 0 Å². The molecule has 3 N–H and O–H groups in total. The lowest BCUT2D eigenvalue weighted by molar-refractivity contribution is 0.0690. The number of pyridine rings is 1. The fourth-order valence-corrected chi connectivity index (χ4v) is 2.44. The van der Waals surface area contributed by atoms with Crippen molar-refractivity contribution in [3.05, 3.63) is 17.8 Å². The SMILES string of the molecule is CCC1(C)CCN(c2nc(C(=O)O)ccc2N)CC1. The van der Waals surface area contributed by atoms with Crippen LogP contribution in [0.2, 0.25) is 0 Å². The molecule has 5 nitrogen and oxygen atoms in total. The summed E-state index contributed by atoms with van der Waals surface area (Å²) in [6.07, 6.45) is 3.34. The second-order valence-corrected chi connectivity index (χ2v) is 5.57. The van der Waals surface area contributed by atoms with Crippen LogP contribution in [0.25, 0.3) is 0 Å². The summed E-state index contributed by atoms with van der Waals surface area (Å²) >= 11 is 0. The molecular weight excluding hydrogens is 242 g/mol. The number of piperidine rings is 1. The standard InChI is InChI=1S/C14H21N3O2/c1-3-14(2)6-8-17(9-7-14)12-10(15)4-5-11(16-12)13(18)19/h4-5H,3,6-9,15H2,1-2H3,(H,18,19). The van der Waals surface area contributed by atoms with E-state index in [0.717, 1.165) is 25.9 Å². The van der Waals surface area contributed by atoms with E-state index in [1.807, 2.05) is 0 Å². The smallest absolute Gasteiger partial charge is 0.354 e. The minimum atomic E-state index is -1.02. The number of nitrogen functional groups attached to an aromatic ring is 1. The lowest BCUT2D eigenvalue weighted by Gasteiger charge is -2.39. The molecule has 0 aliphatic carbocycles. The minimum Gasteiger partial charge on any atom is -0.477 e. The second-order valence-electron chi connectivity index (χ2n) is 5.57. The molecule has 19 heavy (non-hydrogen) atoms. The van der Waals surface area contributed by atoms with Gasteiger partial charge in [-0.3, -0.25) is 0 Å². The average molecular weight is 263 g/mol. The van der Waals surface area contributed by atoms with Crippen LogP contribution in [0.15, 0.2) is 12.1 Å². The number of carboxylic acids is 1. The summed E-state index contributed by atoms with van der Waals surface area (Å²) in [6, 6.07) is 3.07. The predicted octanol–water partition coefficient (Wildman–Crippen LogP) is 2.38. The Labute approximate surface area is 113 Å². The third-order valence-electron chi connectivity index (χ3n) is 4.25. The molecule has 2 heterocycles. The van der Waals surface area contributed by atoms with Gasteiger partial charge in [-0.25, -0.2) is 9.78 Å². The van der Waals surface area contributed by atoms with E-state index in [9.17, 15) is 4.79 Å². The van der Waals surface area contributed by atoms with Gasteiger partial charge in [-0.1, -0.05) is 20.3 Å². The number of rotatable bonds is 3. The maximum absolute atomic E-state index is 11.0. The van der Waals surface area contributed by atoms with Crippen molar-refractivity contribution >= 4 is 17.5 Å². The lowest BCUT2D eigenvalue weighted by Crippen LogP contribution is -2.39. The molecule has 2 rings (SSSR count). The highest BCUT2D eigenvalue weighted by atomic mass is 16.4. The largest absolute Gasteiger partial charge is 0.477 e. The zero-order chi connectivity index (χ0) is 14.0. The average Bonchev–Trinajstić information content (AvgIpc) is 2.40. The molecule has 1 aliphatic rings. The molecule has 0 amide bonds. The Bertz CT molecular complexity index is 480. The molecule has 0 spiro atoms. The van der Waals surface area contributed by atoms with Crippen LogP contribution in [0.3, 0.4) is 0 Å². The molecule has 5 heteroatoms. The third-order valence-corrected chi connectivity index (χ3v) is 4.25. The van der Waals surface area contributed by atoms with Crippen LogP contribution in [0.4, 0.5) is 11.5 Å². The van der Waals surface area contributed by atoms with Gasteiger partial charge in [-0.05, 0) is 30.4 Å². The topological polar surface area (TPSA) is 79.5 Å². The summed E-state index contributed by atoms with van der Waals surface area (Å²) in [6.45, 7) is 6.28. The number of carbonyl (C=O) groups is 1. The van der Waals surface area contributed by atoms with Crippen molar-refractivity contribution in [3.8, 4) is 0 Å². The molecule has 0 radical (unpaired) electrons. The molecule has 1 aromatic heterocycles. The monoisotopic (exact) mass is 263 g/mol. The maximum atomic E-state index is 11.0. The van der Waals surface area contributed by atoms with Crippen LogP contribution in [-0.2, 0) is 0 Å². The Morgan fingerprint density at radius 3 is 2.63 bits per heavy atom. The maximum Gasteiger partial charge on any atom is 0.354 e. The van der Waals surface area contributed by atoms with E-state index in [1.54, 1.807) is 6.07 Å². The third kappa shape index (κ3) is 2.80. The Morgan fingerprint density at radius 2 is 2.11 bits per heavy atom. The van der Waals surface area contributed by atoms with E-state index in [0.29, 0.717) is 16.9 Å². The van der Waals surface area contributed by atoms with E-state index in [4.69, 9.17) is 10.8 Å². The summed E-state index contributed by atoms with van der Waals surface area (Å²) in [5.74, 6) is -0.408. The van der Waals surface area contributed by atoms with Crippen LogP contribution < -0.4 is 10.6 Å². The molecular formula is C14H21N3O2. The molecule has 1 fully saturated rings. The van der Waals surface area contributed by atoms with E-state index in [1.165, 1.54) is 12.5 Å². The summed E-state index contributed by atoms with van der Waals surface area (Å²) in [5.41, 5.74) is 6.90. The van der Waals surface area contributed by atoms with Crippen molar-refractivity contribution in [2.75, 3.05) is 23.7 Å². The Kier molecular flexibility index (Phi) is 3.64. The van der Waals surface area contributed by atoms with Crippen molar-refractivity contribution in [2.45, 2.75) is 33.1 Å². The zero-order valence-corrected chi connectivity index (χ0v) is 11.5. The van der Waals surface area contributed by atoms with Gasteiger partial charge in [-0.15, -0.1) is 0 Å². The molecule has 0 atom stereocenters. The molecule has 0 unspecified atom stereocenters. The van der Waals surface area contributed by atoms with Gasteiger partial charge in [0.2, 0.25) is 0 Å². The molecule has 0 saturated carbocycles. The number of nitrogens with zero attached hydrogens (tertiary/aromatic N) is 2. The van der Waals surface area contributed by atoms with Crippen LogP contribution >= 0.6 is 0 Å². The number of aromatic nitrogens is 1. The number of hydrogen-bond donors (Lipinski definition) is 2. The van der Waals surface area contributed by atoms with E-state index in [-0.39, 0.29) is 5.69 Å². The first kappa shape index (κ1) is 13.6. The first-order valence-corrected chi connectivity index (χ1v) is 6.70. The first-order chi connectivity index (χ1) is 8.95. The lowest BCUT2D eigenvalue weighted by atomic mass is 9.78. The molecule has 104 valence electrons. The van der Waals surface area contributed by atoms with Crippen molar-refractivity contribution in [2.24, 2.45) is 5.41 Å². The number of aromatic carboxylic acids is 1. The highest BCUT2D eigenvalue weighted by Gasteiger charge is 2.29. The highest BCUT2D eigenvalue weighted by molar-refractivity contribution is 5.87. The van der Waals surface area contributed by atoms with Gasteiger partial charge in [0.05, 0.1) is 5.69 Å².